The molecule has 164 valence electrons. The van der Waals surface area contributed by atoms with Crippen LogP contribution in [0.5, 0.6) is 5.75 Å². The topological polar surface area (TPSA) is 73.6 Å². The fraction of sp³-hybridized carbons (Fsp3) is 0.0870. The first-order chi connectivity index (χ1) is 15.1. The molecule has 0 saturated carbocycles. The van der Waals surface area contributed by atoms with E-state index in [1.165, 1.54) is 36.4 Å². The lowest BCUT2D eigenvalue weighted by Gasteiger charge is -2.11. The summed E-state index contributed by atoms with van der Waals surface area (Å²) in [5.74, 6) is 0.0206. The summed E-state index contributed by atoms with van der Waals surface area (Å²) in [6.45, 7) is 1.80. The second kappa shape index (κ2) is 8.79. The lowest BCUT2D eigenvalue weighted by Crippen LogP contribution is -2.12. The van der Waals surface area contributed by atoms with Crippen LogP contribution in [0.1, 0.15) is 16.7 Å². The van der Waals surface area contributed by atoms with Gasteiger partial charge in [0.15, 0.2) is 0 Å². The molecule has 0 bridgehead atoms. The van der Waals surface area contributed by atoms with Gasteiger partial charge in [-0.25, -0.2) is 4.79 Å². The van der Waals surface area contributed by atoms with E-state index in [0.717, 1.165) is 11.1 Å². The number of halogens is 3. The Labute approximate surface area is 199 Å². The highest BCUT2D eigenvalue weighted by Crippen LogP contribution is 2.28. The molecule has 0 saturated heterocycles. The van der Waals surface area contributed by atoms with Crippen molar-refractivity contribution in [2.75, 3.05) is 0 Å². The van der Waals surface area contributed by atoms with Crippen LogP contribution in [0, 0.1) is 6.92 Å². The van der Waals surface area contributed by atoms with Gasteiger partial charge in [0.25, 0.3) is 0 Å². The third-order valence-corrected chi connectivity index (χ3v) is 7.18. The molecule has 0 atom stereocenters. The molecule has 0 spiro atoms. The average molecular weight is 510 g/mol. The second-order valence-corrected chi connectivity index (χ2v) is 9.86. The summed E-state index contributed by atoms with van der Waals surface area (Å²) >= 11 is 17.8. The van der Waals surface area contributed by atoms with Gasteiger partial charge in [-0.1, -0.05) is 40.9 Å². The Hall–Kier alpha value is -2.51. The zero-order chi connectivity index (χ0) is 23.0. The number of hydrogen-bond donors (Lipinski definition) is 0. The second-order valence-electron chi connectivity index (χ2n) is 7.07. The van der Waals surface area contributed by atoms with Gasteiger partial charge in [0.2, 0.25) is 0 Å². The Morgan fingerprint density at radius 3 is 2.31 bits per heavy atom. The third kappa shape index (κ3) is 4.64. The minimum Gasteiger partial charge on any atom is -0.422 e. The van der Waals surface area contributed by atoms with Gasteiger partial charge >= 0.3 is 15.7 Å². The van der Waals surface area contributed by atoms with E-state index in [0.29, 0.717) is 32.4 Å². The molecule has 32 heavy (non-hydrogen) atoms. The number of rotatable bonds is 5. The lowest BCUT2D eigenvalue weighted by atomic mass is 9.99. The quantitative estimate of drug-likeness (QED) is 0.229. The van der Waals surface area contributed by atoms with Crippen molar-refractivity contribution in [3.05, 3.63) is 103 Å². The largest absolute Gasteiger partial charge is 0.422 e. The maximum absolute atomic E-state index is 12.7. The molecule has 0 radical (unpaired) electrons. The molecule has 0 aliphatic rings. The monoisotopic (exact) mass is 508 g/mol. The lowest BCUT2D eigenvalue weighted by molar-refractivity contribution is 0.485. The summed E-state index contributed by atoms with van der Waals surface area (Å²) in [6, 6.07) is 15.3. The minimum atomic E-state index is -4.08. The Bertz CT molecular complexity index is 1490. The van der Waals surface area contributed by atoms with Crippen LogP contribution in [0.15, 0.2) is 74.8 Å². The molecule has 0 unspecified atom stereocenters. The average Bonchev–Trinajstić information content (AvgIpc) is 2.73. The molecule has 4 rings (SSSR count). The molecular formula is C23H15Cl3O5S. The third-order valence-electron chi connectivity index (χ3n) is 4.93. The van der Waals surface area contributed by atoms with Crippen LogP contribution < -0.4 is 9.81 Å². The summed E-state index contributed by atoms with van der Waals surface area (Å²) < 4.78 is 35.7. The molecule has 4 aromatic rings. The van der Waals surface area contributed by atoms with Crippen LogP contribution in [-0.2, 0) is 16.5 Å². The maximum atomic E-state index is 12.7. The van der Waals surface area contributed by atoms with E-state index < -0.39 is 15.7 Å². The van der Waals surface area contributed by atoms with E-state index in [-0.39, 0.29) is 16.2 Å². The molecule has 9 heteroatoms. The predicted molar refractivity (Wildman–Crippen MR) is 126 cm³/mol. The van der Waals surface area contributed by atoms with Crippen molar-refractivity contribution in [3.8, 4) is 5.75 Å². The minimum absolute atomic E-state index is 0.0206. The van der Waals surface area contributed by atoms with Crippen molar-refractivity contribution in [2.45, 2.75) is 18.2 Å². The van der Waals surface area contributed by atoms with Crippen molar-refractivity contribution in [3.63, 3.8) is 0 Å². The van der Waals surface area contributed by atoms with Crippen LogP contribution in [-0.4, -0.2) is 8.42 Å². The van der Waals surface area contributed by atoms with Gasteiger partial charge in [0.05, 0.1) is 10.0 Å². The SMILES string of the molecule is Cc1c(Cc2ccc(Cl)c(Cl)c2)c(=O)oc2cc(OS(=O)(=O)c3ccc(Cl)cc3)ccc12. The van der Waals surface area contributed by atoms with Gasteiger partial charge in [-0.3, -0.25) is 0 Å². The first-order valence-electron chi connectivity index (χ1n) is 9.34. The Kier molecular flexibility index (Phi) is 6.23. The summed E-state index contributed by atoms with van der Waals surface area (Å²) in [5, 5.41) is 1.90. The van der Waals surface area contributed by atoms with E-state index in [9.17, 15) is 13.2 Å². The van der Waals surface area contributed by atoms with Crippen molar-refractivity contribution in [2.24, 2.45) is 0 Å². The maximum Gasteiger partial charge on any atom is 0.340 e. The Morgan fingerprint density at radius 2 is 1.62 bits per heavy atom. The molecule has 0 aliphatic carbocycles. The molecule has 0 fully saturated rings. The highest BCUT2D eigenvalue weighted by atomic mass is 35.5. The van der Waals surface area contributed by atoms with Crippen molar-refractivity contribution >= 4 is 55.9 Å². The predicted octanol–water partition coefficient (Wildman–Crippen LogP) is 6.42. The van der Waals surface area contributed by atoms with Crippen LogP contribution >= 0.6 is 34.8 Å². The van der Waals surface area contributed by atoms with Gasteiger partial charge in [0, 0.05) is 28.5 Å². The van der Waals surface area contributed by atoms with Crippen LogP contribution in [0.25, 0.3) is 11.0 Å². The smallest absolute Gasteiger partial charge is 0.340 e. The van der Waals surface area contributed by atoms with Gasteiger partial charge < -0.3 is 8.60 Å². The van der Waals surface area contributed by atoms with Crippen molar-refractivity contribution < 1.29 is 17.0 Å². The van der Waals surface area contributed by atoms with Gasteiger partial charge in [-0.2, -0.15) is 8.42 Å². The Morgan fingerprint density at radius 1 is 0.906 bits per heavy atom. The fourth-order valence-corrected chi connectivity index (χ4v) is 4.63. The standard InChI is InChI=1S/C23H15Cl3O5S/c1-13-18-8-5-16(31-32(28,29)17-6-3-15(24)4-7-17)12-22(18)30-23(27)19(13)10-14-2-9-20(25)21(26)11-14/h2-9,11-12H,10H2,1H3. The molecule has 0 N–H and O–H groups in total. The first-order valence-corrected chi connectivity index (χ1v) is 11.9. The number of benzene rings is 3. The van der Waals surface area contributed by atoms with Crippen molar-refractivity contribution in [1.82, 2.24) is 0 Å². The van der Waals surface area contributed by atoms with Crippen LogP contribution in [0.2, 0.25) is 15.1 Å². The van der Waals surface area contributed by atoms with E-state index >= 15 is 0 Å². The van der Waals surface area contributed by atoms with Gasteiger partial charge in [0.1, 0.15) is 16.2 Å². The normalized spacial score (nSPS) is 11.6. The zero-order valence-electron chi connectivity index (χ0n) is 16.6. The number of hydrogen-bond acceptors (Lipinski definition) is 5. The first kappa shape index (κ1) is 22.7. The molecular weight excluding hydrogens is 495 g/mol. The van der Waals surface area contributed by atoms with Crippen LogP contribution in [0.3, 0.4) is 0 Å². The molecule has 5 nitrogen and oxygen atoms in total. The molecule has 3 aromatic carbocycles. The van der Waals surface area contributed by atoms with E-state index in [1.54, 1.807) is 31.2 Å². The summed E-state index contributed by atoms with van der Waals surface area (Å²) in [5.41, 5.74) is 1.68. The highest BCUT2D eigenvalue weighted by molar-refractivity contribution is 7.87. The number of aryl methyl sites for hydroxylation is 1. The number of fused-ring (bicyclic) bond motifs is 1. The highest BCUT2D eigenvalue weighted by Gasteiger charge is 2.18. The molecule has 0 aliphatic heterocycles. The molecule has 0 amide bonds. The zero-order valence-corrected chi connectivity index (χ0v) is 19.6. The summed E-state index contributed by atoms with van der Waals surface area (Å²) in [7, 11) is -4.08. The summed E-state index contributed by atoms with van der Waals surface area (Å²) in [4.78, 5) is 12.6. The van der Waals surface area contributed by atoms with Crippen molar-refractivity contribution in [1.29, 1.82) is 0 Å². The van der Waals surface area contributed by atoms with Gasteiger partial charge in [-0.05, 0) is 66.6 Å². The van der Waals surface area contributed by atoms with E-state index in [2.05, 4.69) is 0 Å². The summed E-state index contributed by atoms with van der Waals surface area (Å²) in [6.07, 6.45) is 0.310. The fourth-order valence-electron chi connectivity index (χ4n) is 3.26. The van der Waals surface area contributed by atoms with E-state index in [4.69, 9.17) is 43.4 Å². The van der Waals surface area contributed by atoms with Gasteiger partial charge in [-0.15, -0.1) is 0 Å². The Balaban J connectivity index is 1.68. The van der Waals surface area contributed by atoms with E-state index in [1.807, 2.05) is 0 Å². The molecule has 1 aromatic heterocycles. The molecule has 1 heterocycles. The van der Waals surface area contributed by atoms with Crippen LogP contribution in [0.4, 0.5) is 0 Å².